The van der Waals surface area contributed by atoms with E-state index in [1.54, 1.807) is 51.2 Å². The van der Waals surface area contributed by atoms with Crippen LogP contribution in [0.1, 0.15) is 32.1 Å². The lowest BCUT2D eigenvalue weighted by Gasteiger charge is -2.19. The smallest absolute Gasteiger partial charge is 0.494 e. The van der Waals surface area contributed by atoms with E-state index in [1.165, 1.54) is 11.3 Å². The first-order valence-corrected chi connectivity index (χ1v) is 11.6. The minimum Gasteiger partial charge on any atom is -0.494 e. The zero-order valence-corrected chi connectivity index (χ0v) is 19.2. The summed E-state index contributed by atoms with van der Waals surface area (Å²) in [6.07, 6.45) is 1.09. The van der Waals surface area contributed by atoms with Crippen molar-refractivity contribution in [3.05, 3.63) is 35.3 Å². The molecule has 1 amide bonds. The minimum atomic E-state index is -5.59. The molecule has 0 atom stereocenters. The van der Waals surface area contributed by atoms with Crippen molar-refractivity contribution in [1.82, 2.24) is 10.3 Å². The molecule has 0 unspecified atom stereocenters. The largest absolute Gasteiger partial charge is 0.523 e. The molecule has 1 aromatic heterocycles. The van der Waals surface area contributed by atoms with Gasteiger partial charge >= 0.3 is 21.7 Å². The summed E-state index contributed by atoms with van der Waals surface area (Å²) in [5, 5.41) is 3.38. The first kappa shape index (κ1) is 25.9. The van der Waals surface area contributed by atoms with Crippen molar-refractivity contribution in [1.29, 1.82) is 0 Å². The first-order valence-electron chi connectivity index (χ1n) is 9.37. The number of hydrogen-bond acceptors (Lipinski definition) is 8. The van der Waals surface area contributed by atoms with Crippen LogP contribution in [0.2, 0.25) is 0 Å². The summed E-state index contributed by atoms with van der Waals surface area (Å²) >= 11 is 1.39. The van der Waals surface area contributed by atoms with Crippen molar-refractivity contribution in [2.24, 2.45) is 0 Å². The third-order valence-corrected chi connectivity index (χ3v) is 5.63. The molecule has 13 heteroatoms. The van der Waals surface area contributed by atoms with Gasteiger partial charge < -0.3 is 14.8 Å². The number of thiazole rings is 1. The van der Waals surface area contributed by atoms with E-state index < -0.39 is 33.9 Å². The van der Waals surface area contributed by atoms with Crippen LogP contribution >= 0.6 is 11.3 Å². The van der Waals surface area contributed by atoms with Crippen LogP contribution in [-0.4, -0.2) is 43.8 Å². The summed E-state index contributed by atoms with van der Waals surface area (Å²) in [7, 11) is -5.59. The number of alkyl carbamates (subject to hydrolysis) is 1. The molecule has 1 N–H and O–H groups in total. The van der Waals surface area contributed by atoms with Crippen LogP contribution in [0.25, 0.3) is 10.6 Å². The number of carbonyl (C=O) groups excluding carboxylic acids is 1. The van der Waals surface area contributed by atoms with Crippen molar-refractivity contribution < 1.29 is 40.0 Å². The van der Waals surface area contributed by atoms with E-state index in [0.29, 0.717) is 5.75 Å². The number of rotatable bonds is 9. The van der Waals surface area contributed by atoms with Gasteiger partial charge in [0, 0.05) is 23.1 Å². The van der Waals surface area contributed by atoms with Gasteiger partial charge in [0.1, 0.15) is 16.4 Å². The van der Waals surface area contributed by atoms with E-state index in [0.717, 1.165) is 15.4 Å². The number of amides is 1. The van der Waals surface area contributed by atoms with E-state index in [-0.39, 0.29) is 19.6 Å². The van der Waals surface area contributed by atoms with E-state index in [1.807, 2.05) is 0 Å². The molecule has 2 aromatic rings. The van der Waals surface area contributed by atoms with Gasteiger partial charge in [0.05, 0.1) is 19.8 Å². The Morgan fingerprint density at radius 3 is 2.38 bits per heavy atom. The number of nitrogens with zero attached hydrogens (tertiary/aromatic N) is 1. The summed E-state index contributed by atoms with van der Waals surface area (Å²) in [6, 6.07) is 6.82. The van der Waals surface area contributed by atoms with Gasteiger partial charge in [-0.2, -0.15) is 21.6 Å². The van der Waals surface area contributed by atoms with Gasteiger partial charge in [-0.15, -0.1) is 11.3 Å². The Labute approximate surface area is 187 Å². The van der Waals surface area contributed by atoms with Crippen LogP contribution in [0.5, 0.6) is 5.75 Å². The summed E-state index contributed by atoms with van der Waals surface area (Å²) in [4.78, 5) is 16.9. The summed E-state index contributed by atoms with van der Waals surface area (Å²) < 4.78 is 72.4. The Bertz CT molecular complexity index is 999. The second-order valence-electron chi connectivity index (χ2n) is 7.44. The molecular weight excluding hydrogens is 473 g/mol. The molecule has 0 spiro atoms. The maximum atomic E-state index is 12.2. The van der Waals surface area contributed by atoms with E-state index in [9.17, 15) is 26.4 Å². The molecule has 0 bridgehead atoms. The maximum absolute atomic E-state index is 12.2. The number of nitrogens with one attached hydrogen (secondary N) is 1. The van der Waals surface area contributed by atoms with E-state index in [4.69, 9.17) is 9.47 Å². The second-order valence-corrected chi connectivity index (χ2v) is 10.2. The lowest BCUT2D eigenvalue weighted by molar-refractivity contribution is -0.0544. The molecule has 0 fully saturated rings. The van der Waals surface area contributed by atoms with Gasteiger partial charge in [0.2, 0.25) is 0 Å². The van der Waals surface area contributed by atoms with Gasteiger partial charge in [-0.05, 0) is 45.0 Å². The van der Waals surface area contributed by atoms with Crippen LogP contribution in [0.15, 0.2) is 30.5 Å². The monoisotopic (exact) mass is 496 g/mol. The molecule has 8 nitrogen and oxygen atoms in total. The molecule has 0 saturated heterocycles. The highest BCUT2D eigenvalue weighted by Gasteiger charge is 2.47. The topological polar surface area (TPSA) is 104 Å². The fourth-order valence-electron chi connectivity index (χ4n) is 2.17. The highest BCUT2D eigenvalue weighted by atomic mass is 32.2. The predicted octanol–water partition coefficient (Wildman–Crippen LogP) is 4.47. The van der Waals surface area contributed by atoms with Crippen molar-refractivity contribution in [3.8, 4) is 16.3 Å². The van der Waals surface area contributed by atoms with E-state index in [2.05, 4.69) is 14.5 Å². The number of hydrogen-bond donors (Lipinski definition) is 1. The number of alkyl halides is 3. The average molecular weight is 497 g/mol. The number of aromatic nitrogens is 1. The van der Waals surface area contributed by atoms with E-state index >= 15 is 0 Å². The number of halogens is 3. The third-order valence-electron chi connectivity index (χ3n) is 3.54. The van der Waals surface area contributed by atoms with Crippen LogP contribution in [0, 0.1) is 0 Å². The average Bonchev–Trinajstić information content (AvgIpc) is 3.13. The molecular formula is C19H23F3N2O6S2. The summed E-state index contributed by atoms with van der Waals surface area (Å²) in [6.45, 7) is 4.94. The molecule has 0 aliphatic carbocycles. The molecule has 32 heavy (non-hydrogen) atoms. The molecule has 2 rings (SSSR count). The molecule has 178 valence electrons. The van der Waals surface area contributed by atoms with Gasteiger partial charge in [0.15, 0.2) is 0 Å². The van der Waals surface area contributed by atoms with Gasteiger partial charge in [-0.3, -0.25) is 4.18 Å². The maximum Gasteiger partial charge on any atom is 0.523 e. The van der Waals surface area contributed by atoms with Crippen molar-refractivity contribution in [2.75, 3.05) is 13.2 Å². The van der Waals surface area contributed by atoms with Crippen LogP contribution in [0.4, 0.5) is 18.0 Å². The molecule has 0 aliphatic rings. The van der Waals surface area contributed by atoms with Gasteiger partial charge in [-0.1, -0.05) is 0 Å². The van der Waals surface area contributed by atoms with Crippen molar-refractivity contribution in [3.63, 3.8) is 0 Å². The van der Waals surface area contributed by atoms with Crippen LogP contribution in [-0.2, 0) is 25.6 Å². The zero-order chi connectivity index (χ0) is 24.0. The molecule has 0 radical (unpaired) electrons. The van der Waals surface area contributed by atoms with Gasteiger partial charge in [-0.25, -0.2) is 9.78 Å². The molecule has 0 aliphatic heterocycles. The SMILES string of the molecule is CC(C)(C)OC(=O)NCc1cnc(-c2ccc(OCCCOS(=O)(=O)C(F)(F)F)cc2)s1. The Kier molecular flexibility index (Phi) is 8.48. The normalized spacial score (nSPS) is 12.4. The van der Waals surface area contributed by atoms with Crippen LogP contribution < -0.4 is 10.1 Å². The Hall–Kier alpha value is -2.38. The second kappa shape index (κ2) is 10.5. The highest BCUT2D eigenvalue weighted by Crippen LogP contribution is 2.27. The summed E-state index contributed by atoms with van der Waals surface area (Å²) in [5.41, 5.74) is -5.21. The fraction of sp³-hybridized carbons (Fsp3) is 0.474. The quantitative estimate of drug-likeness (QED) is 0.310. The van der Waals surface area contributed by atoms with Crippen molar-refractivity contribution >= 4 is 27.5 Å². The first-order chi connectivity index (χ1) is 14.8. The Morgan fingerprint density at radius 2 is 1.78 bits per heavy atom. The molecule has 0 saturated carbocycles. The number of carbonyl (C=O) groups is 1. The third kappa shape index (κ3) is 8.28. The number of ether oxygens (including phenoxy) is 2. The zero-order valence-electron chi connectivity index (χ0n) is 17.6. The number of benzene rings is 1. The molecule has 1 heterocycles. The van der Waals surface area contributed by atoms with Gasteiger partial charge in [0.25, 0.3) is 0 Å². The fourth-order valence-corrected chi connectivity index (χ4v) is 3.50. The predicted molar refractivity (Wildman–Crippen MR) is 112 cm³/mol. The van der Waals surface area contributed by atoms with Crippen LogP contribution in [0.3, 0.4) is 0 Å². The summed E-state index contributed by atoms with van der Waals surface area (Å²) in [5.74, 6) is 0.454. The lowest BCUT2D eigenvalue weighted by atomic mass is 10.2. The lowest BCUT2D eigenvalue weighted by Crippen LogP contribution is -2.31. The molecule has 1 aromatic carbocycles. The Morgan fingerprint density at radius 1 is 1.12 bits per heavy atom. The highest BCUT2D eigenvalue weighted by molar-refractivity contribution is 7.87. The minimum absolute atomic E-state index is 0.0234. The standard InChI is InChI=1S/C19H23F3N2O6S2/c1-18(2,3)30-17(25)24-12-15-11-23-16(31-15)13-5-7-14(8-6-13)28-9-4-10-29-32(26,27)19(20,21)22/h5-8,11H,4,9-10,12H2,1-3H3,(H,24,25). The Balaban J connectivity index is 1.79. The van der Waals surface area contributed by atoms with Crippen molar-refractivity contribution in [2.45, 2.75) is 44.8 Å².